The number of carbonyl (C=O) groups is 1. The predicted octanol–water partition coefficient (Wildman–Crippen LogP) is 4.51. The number of benzene rings is 2. The fraction of sp³-hybridized carbons (Fsp3) is 0.200. The molecule has 0 unspecified atom stereocenters. The molecular weight excluding hydrogens is 385 g/mol. The third-order valence-electron chi connectivity index (χ3n) is 4.49. The fourth-order valence-electron chi connectivity index (χ4n) is 3.17. The van der Waals surface area contributed by atoms with Crippen LogP contribution in [0.3, 0.4) is 0 Å². The monoisotopic (exact) mass is 403 g/mol. The van der Waals surface area contributed by atoms with E-state index in [9.17, 15) is 9.18 Å². The first kappa shape index (κ1) is 19.5. The average molecular weight is 404 g/mol. The van der Waals surface area contributed by atoms with Crippen molar-refractivity contribution in [2.45, 2.75) is 19.5 Å². The van der Waals surface area contributed by atoms with E-state index in [1.165, 1.54) is 34.6 Å². The van der Waals surface area contributed by atoms with Gasteiger partial charge in [-0.25, -0.2) is 9.37 Å². The molecule has 1 amide bonds. The molecule has 1 N–H and O–H groups in total. The van der Waals surface area contributed by atoms with Crippen LogP contribution in [0.15, 0.2) is 53.9 Å². The van der Waals surface area contributed by atoms with Crippen molar-refractivity contribution in [3.63, 3.8) is 0 Å². The van der Waals surface area contributed by atoms with E-state index in [1.807, 2.05) is 5.38 Å². The Bertz CT molecular complexity index is 946. The van der Waals surface area contributed by atoms with Crippen LogP contribution in [-0.2, 0) is 19.5 Å². The first-order valence-corrected chi connectivity index (χ1v) is 9.36. The summed E-state index contributed by atoms with van der Waals surface area (Å²) in [6.45, 7) is 2.64. The number of hydrogen-bond donors (Lipinski definition) is 1. The van der Waals surface area contributed by atoms with E-state index in [-0.39, 0.29) is 18.0 Å². The maximum absolute atomic E-state index is 13.7. The van der Waals surface area contributed by atoms with Crippen molar-refractivity contribution in [3.05, 3.63) is 82.1 Å². The summed E-state index contributed by atoms with van der Waals surface area (Å²) < 4.78 is 13.7. The summed E-state index contributed by atoms with van der Waals surface area (Å²) in [6.07, 6.45) is 1.04. The third kappa shape index (κ3) is 4.53. The van der Waals surface area contributed by atoms with E-state index < -0.39 is 11.7 Å². The molecule has 1 aliphatic heterocycles. The lowest BCUT2D eigenvalue weighted by Gasteiger charge is -2.27. The molecule has 1 aromatic heterocycles. The van der Waals surface area contributed by atoms with Crippen LogP contribution < -0.4 is 5.32 Å². The second kappa shape index (κ2) is 8.61. The Balaban J connectivity index is 0.00000210. The minimum Gasteiger partial charge on any atom is -0.298 e. The molecule has 0 radical (unpaired) electrons. The number of amides is 1. The predicted molar refractivity (Wildman–Crippen MR) is 108 cm³/mol. The standard InChI is InChI=1S/C20H18FN3OS.ClH/c21-18-8-4-3-7-17(18)19(25)23-20-22-16(13-26-20)12-24-10-9-14-5-1-2-6-15(14)11-24;/h1-8,13H,9-12H2,(H,22,23,25);1H. The minimum absolute atomic E-state index is 0. The number of halogens is 2. The smallest absolute Gasteiger partial charge is 0.260 e. The normalized spacial score (nSPS) is 13.5. The number of nitrogens with one attached hydrogen (secondary N) is 1. The maximum Gasteiger partial charge on any atom is 0.260 e. The summed E-state index contributed by atoms with van der Waals surface area (Å²) in [5, 5.41) is 5.12. The molecule has 0 spiro atoms. The van der Waals surface area contributed by atoms with Crippen LogP contribution >= 0.6 is 23.7 Å². The van der Waals surface area contributed by atoms with Crippen molar-refractivity contribution >= 4 is 34.8 Å². The quantitative estimate of drug-likeness (QED) is 0.696. The highest BCUT2D eigenvalue weighted by atomic mass is 35.5. The lowest BCUT2D eigenvalue weighted by molar-refractivity contribution is 0.102. The Labute approximate surface area is 167 Å². The Morgan fingerprint density at radius 3 is 2.70 bits per heavy atom. The van der Waals surface area contributed by atoms with Crippen LogP contribution in [0.4, 0.5) is 9.52 Å². The summed E-state index contributed by atoms with van der Waals surface area (Å²) in [4.78, 5) is 19.0. The first-order chi connectivity index (χ1) is 12.7. The van der Waals surface area contributed by atoms with Gasteiger partial charge in [0.2, 0.25) is 0 Å². The zero-order valence-corrected chi connectivity index (χ0v) is 16.2. The summed E-state index contributed by atoms with van der Waals surface area (Å²) in [5.41, 5.74) is 3.72. The van der Waals surface area contributed by atoms with Crippen LogP contribution in [0.5, 0.6) is 0 Å². The number of fused-ring (bicyclic) bond motifs is 1. The second-order valence-corrected chi connectivity index (χ2v) is 7.17. The highest BCUT2D eigenvalue weighted by molar-refractivity contribution is 7.13. The second-order valence-electron chi connectivity index (χ2n) is 6.31. The molecule has 7 heteroatoms. The van der Waals surface area contributed by atoms with Crippen molar-refractivity contribution in [2.24, 2.45) is 0 Å². The van der Waals surface area contributed by atoms with Gasteiger partial charge in [-0.2, -0.15) is 0 Å². The molecule has 2 heterocycles. The molecule has 0 aliphatic carbocycles. The van der Waals surface area contributed by atoms with Crippen molar-refractivity contribution < 1.29 is 9.18 Å². The molecule has 2 aromatic carbocycles. The summed E-state index contributed by atoms with van der Waals surface area (Å²) in [7, 11) is 0. The van der Waals surface area contributed by atoms with Gasteiger partial charge in [0.25, 0.3) is 5.91 Å². The zero-order chi connectivity index (χ0) is 17.9. The van der Waals surface area contributed by atoms with E-state index in [1.54, 1.807) is 12.1 Å². The van der Waals surface area contributed by atoms with Crippen molar-refractivity contribution in [3.8, 4) is 0 Å². The number of aromatic nitrogens is 1. The first-order valence-electron chi connectivity index (χ1n) is 8.48. The molecule has 4 rings (SSSR count). The third-order valence-corrected chi connectivity index (χ3v) is 5.29. The van der Waals surface area contributed by atoms with Gasteiger partial charge in [0.1, 0.15) is 5.82 Å². The lowest BCUT2D eigenvalue weighted by atomic mass is 10.00. The molecule has 0 bridgehead atoms. The molecule has 0 saturated carbocycles. The van der Waals surface area contributed by atoms with Crippen LogP contribution in [0, 0.1) is 5.82 Å². The van der Waals surface area contributed by atoms with Gasteiger partial charge in [-0.05, 0) is 29.7 Å². The van der Waals surface area contributed by atoms with Crippen LogP contribution in [-0.4, -0.2) is 22.3 Å². The Hall–Kier alpha value is -2.28. The van der Waals surface area contributed by atoms with Gasteiger partial charge in [0.15, 0.2) is 5.13 Å². The highest BCUT2D eigenvalue weighted by Gasteiger charge is 2.18. The Kier molecular flexibility index (Phi) is 6.21. The molecule has 140 valence electrons. The van der Waals surface area contributed by atoms with Crippen LogP contribution in [0.1, 0.15) is 27.2 Å². The van der Waals surface area contributed by atoms with Gasteiger partial charge >= 0.3 is 0 Å². The molecule has 1 aliphatic rings. The summed E-state index contributed by atoms with van der Waals surface area (Å²) in [5.74, 6) is -1.01. The summed E-state index contributed by atoms with van der Waals surface area (Å²) in [6, 6.07) is 14.4. The fourth-order valence-corrected chi connectivity index (χ4v) is 3.86. The van der Waals surface area contributed by atoms with Gasteiger partial charge in [0, 0.05) is 25.0 Å². The van der Waals surface area contributed by atoms with E-state index in [0.717, 1.165) is 31.7 Å². The minimum atomic E-state index is -0.534. The number of thiazole rings is 1. The molecule has 27 heavy (non-hydrogen) atoms. The molecular formula is C20H19ClFN3OS. The largest absolute Gasteiger partial charge is 0.298 e. The number of anilines is 1. The number of nitrogens with zero attached hydrogens (tertiary/aromatic N) is 2. The van der Waals surface area contributed by atoms with Gasteiger partial charge < -0.3 is 0 Å². The Morgan fingerprint density at radius 2 is 1.89 bits per heavy atom. The van der Waals surface area contributed by atoms with Crippen LogP contribution in [0.25, 0.3) is 0 Å². The molecule has 0 saturated heterocycles. The van der Waals surface area contributed by atoms with Gasteiger partial charge in [-0.15, -0.1) is 23.7 Å². The molecule has 3 aromatic rings. The van der Waals surface area contributed by atoms with E-state index in [4.69, 9.17) is 0 Å². The SMILES string of the molecule is Cl.O=C(Nc1nc(CN2CCc3ccccc3C2)cs1)c1ccccc1F. The van der Waals surface area contributed by atoms with Crippen molar-refractivity contribution in [2.75, 3.05) is 11.9 Å². The van der Waals surface area contributed by atoms with Crippen LogP contribution in [0.2, 0.25) is 0 Å². The lowest BCUT2D eigenvalue weighted by Crippen LogP contribution is -2.30. The van der Waals surface area contributed by atoms with Crippen molar-refractivity contribution in [1.29, 1.82) is 0 Å². The highest BCUT2D eigenvalue weighted by Crippen LogP contribution is 2.22. The molecule has 0 atom stereocenters. The molecule has 0 fully saturated rings. The van der Waals surface area contributed by atoms with E-state index >= 15 is 0 Å². The van der Waals surface area contributed by atoms with Gasteiger partial charge in [-0.1, -0.05) is 36.4 Å². The maximum atomic E-state index is 13.7. The van der Waals surface area contributed by atoms with Gasteiger partial charge in [0.05, 0.1) is 11.3 Å². The van der Waals surface area contributed by atoms with E-state index in [0.29, 0.717) is 5.13 Å². The summed E-state index contributed by atoms with van der Waals surface area (Å²) >= 11 is 1.36. The van der Waals surface area contributed by atoms with Gasteiger partial charge in [-0.3, -0.25) is 15.0 Å². The topological polar surface area (TPSA) is 45.2 Å². The Morgan fingerprint density at radius 1 is 1.15 bits per heavy atom. The number of rotatable bonds is 4. The number of hydrogen-bond acceptors (Lipinski definition) is 4. The number of carbonyl (C=O) groups excluding carboxylic acids is 1. The molecule has 4 nitrogen and oxygen atoms in total. The zero-order valence-electron chi connectivity index (χ0n) is 14.5. The van der Waals surface area contributed by atoms with Crippen molar-refractivity contribution in [1.82, 2.24) is 9.88 Å². The van der Waals surface area contributed by atoms with E-state index in [2.05, 4.69) is 39.5 Å². The average Bonchev–Trinajstić information content (AvgIpc) is 3.08.